The lowest BCUT2D eigenvalue weighted by Crippen LogP contribution is -2.20. The molecule has 1 aromatic rings. The lowest BCUT2D eigenvalue weighted by atomic mass is 10.2. The second-order valence-corrected chi connectivity index (χ2v) is 9.64. The summed E-state index contributed by atoms with van der Waals surface area (Å²) < 4.78 is 48.4. The molecule has 0 aliphatic carbocycles. The van der Waals surface area contributed by atoms with E-state index in [2.05, 4.69) is 4.98 Å². The largest absolute Gasteiger partial charge is 0.346 e. The minimum atomic E-state index is -3.71. The highest BCUT2D eigenvalue weighted by atomic mass is 31.2. The number of rotatable bonds is 12. The summed E-state index contributed by atoms with van der Waals surface area (Å²) in [5, 5.41) is -1.04. The van der Waals surface area contributed by atoms with Gasteiger partial charge in [0.25, 0.3) is 0 Å². The van der Waals surface area contributed by atoms with Crippen LogP contribution < -0.4 is 0 Å². The molecule has 138 valence electrons. The van der Waals surface area contributed by atoms with Gasteiger partial charge in [-0.2, -0.15) is 0 Å². The topological polar surface area (TPSA) is 84.0 Å². The van der Waals surface area contributed by atoms with Crippen LogP contribution >= 0.6 is 15.2 Å². The minimum Gasteiger partial charge on any atom is -0.308 e. The Morgan fingerprint density at radius 1 is 0.833 bits per heavy atom. The molecule has 24 heavy (non-hydrogen) atoms. The highest BCUT2D eigenvalue weighted by Gasteiger charge is 2.50. The molecule has 1 heterocycles. The smallest absolute Gasteiger partial charge is 0.308 e. The summed E-state index contributed by atoms with van der Waals surface area (Å²) in [4.78, 5) is 3.96. The monoisotopic (exact) mass is 379 g/mol. The Morgan fingerprint density at radius 2 is 1.21 bits per heavy atom. The van der Waals surface area contributed by atoms with Crippen molar-refractivity contribution in [1.82, 2.24) is 4.98 Å². The number of nitrogens with zero attached hydrogens (tertiary/aromatic N) is 1. The van der Waals surface area contributed by atoms with Gasteiger partial charge >= 0.3 is 15.2 Å². The molecule has 0 saturated carbocycles. The third kappa shape index (κ3) is 5.76. The predicted molar refractivity (Wildman–Crippen MR) is 93.4 cm³/mol. The fourth-order valence-electron chi connectivity index (χ4n) is 2.26. The van der Waals surface area contributed by atoms with E-state index < -0.39 is 20.6 Å². The zero-order valence-corrected chi connectivity index (χ0v) is 16.5. The molecule has 0 amide bonds. The average Bonchev–Trinajstić information content (AvgIpc) is 2.54. The van der Waals surface area contributed by atoms with Gasteiger partial charge in [-0.25, -0.2) is 0 Å². The Bertz CT molecular complexity index is 518. The maximum Gasteiger partial charge on any atom is 0.346 e. The van der Waals surface area contributed by atoms with Crippen LogP contribution in [0.3, 0.4) is 0 Å². The van der Waals surface area contributed by atoms with Gasteiger partial charge in [0, 0.05) is 12.4 Å². The molecule has 0 N–H and O–H groups in total. The molecular weight excluding hydrogens is 352 g/mol. The van der Waals surface area contributed by atoms with E-state index in [0.717, 1.165) is 5.56 Å². The summed E-state index contributed by atoms with van der Waals surface area (Å²) in [7, 11) is -7.42. The Hall–Kier alpha value is -0.550. The summed E-state index contributed by atoms with van der Waals surface area (Å²) in [6.07, 6.45) is 3.41. The normalized spacial score (nSPS) is 12.7. The maximum absolute atomic E-state index is 13.3. The average molecular weight is 379 g/mol. The van der Waals surface area contributed by atoms with Gasteiger partial charge in [0.1, 0.15) is 0 Å². The fourth-order valence-corrected chi connectivity index (χ4v) is 7.60. The molecule has 0 fully saturated rings. The first-order valence-corrected chi connectivity index (χ1v) is 11.3. The molecule has 0 saturated heterocycles. The molecule has 0 aliphatic rings. The van der Waals surface area contributed by atoms with Crippen LogP contribution in [0.5, 0.6) is 0 Å². The standard InChI is InChI=1S/C15H27NO6P2/c1-5-19-23(17,20-6-2)15(13-14-9-11-16-12-10-14)24(18,21-7-3)22-8-4/h9-12,15H,5-8,13H2,1-4H3. The molecule has 1 aromatic heterocycles. The predicted octanol–water partition coefficient (Wildman–Crippen LogP) is 4.48. The summed E-state index contributed by atoms with van der Waals surface area (Å²) in [5.74, 6) is 0. The molecular formula is C15H27NO6P2. The van der Waals surface area contributed by atoms with Gasteiger partial charge in [-0.05, 0) is 51.8 Å². The van der Waals surface area contributed by atoms with Gasteiger partial charge in [0.15, 0.2) is 5.40 Å². The van der Waals surface area contributed by atoms with E-state index in [1.165, 1.54) is 0 Å². The Morgan fingerprint density at radius 3 is 1.54 bits per heavy atom. The quantitative estimate of drug-likeness (QED) is 0.495. The van der Waals surface area contributed by atoms with Crippen molar-refractivity contribution in [3.63, 3.8) is 0 Å². The van der Waals surface area contributed by atoms with Crippen LogP contribution in [0, 0.1) is 0 Å². The van der Waals surface area contributed by atoms with Crippen LogP contribution in [-0.4, -0.2) is 36.8 Å². The van der Waals surface area contributed by atoms with Gasteiger partial charge in [-0.1, -0.05) is 0 Å². The van der Waals surface area contributed by atoms with Crippen LogP contribution in [-0.2, 0) is 33.6 Å². The SMILES string of the molecule is CCOP(=O)(OCC)C(Cc1ccncc1)P(=O)(OCC)OCC. The molecule has 0 aromatic carbocycles. The zero-order chi connectivity index (χ0) is 18.1. The number of hydrogen-bond donors (Lipinski definition) is 0. The van der Waals surface area contributed by atoms with Crippen molar-refractivity contribution in [3.05, 3.63) is 30.1 Å². The van der Waals surface area contributed by atoms with Crippen molar-refractivity contribution in [3.8, 4) is 0 Å². The van der Waals surface area contributed by atoms with Crippen molar-refractivity contribution in [1.29, 1.82) is 0 Å². The molecule has 0 spiro atoms. The molecule has 0 aliphatic heterocycles. The van der Waals surface area contributed by atoms with Gasteiger partial charge in [0.2, 0.25) is 0 Å². The maximum atomic E-state index is 13.3. The van der Waals surface area contributed by atoms with Crippen molar-refractivity contribution < 1.29 is 27.2 Å². The molecule has 0 unspecified atom stereocenters. The van der Waals surface area contributed by atoms with E-state index in [9.17, 15) is 9.13 Å². The summed E-state index contributed by atoms with van der Waals surface area (Å²) in [6.45, 7) is 7.52. The zero-order valence-electron chi connectivity index (χ0n) is 14.7. The first-order valence-electron chi connectivity index (χ1n) is 8.12. The van der Waals surface area contributed by atoms with Gasteiger partial charge in [0.05, 0.1) is 26.4 Å². The minimum absolute atomic E-state index is 0.169. The van der Waals surface area contributed by atoms with E-state index in [1.807, 2.05) is 0 Å². The van der Waals surface area contributed by atoms with Crippen LogP contribution in [0.15, 0.2) is 24.5 Å². The first-order chi connectivity index (χ1) is 11.5. The second-order valence-electron chi connectivity index (χ2n) is 4.79. The van der Waals surface area contributed by atoms with Crippen LogP contribution in [0.25, 0.3) is 0 Å². The summed E-state index contributed by atoms with van der Waals surface area (Å²) >= 11 is 0. The van der Waals surface area contributed by atoms with E-state index in [1.54, 1.807) is 52.2 Å². The van der Waals surface area contributed by atoms with Crippen LogP contribution in [0.4, 0.5) is 0 Å². The molecule has 0 radical (unpaired) electrons. The molecule has 9 heteroatoms. The Balaban J connectivity index is 3.32. The fraction of sp³-hybridized carbons (Fsp3) is 0.667. The van der Waals surface area contributed by atoms with Gasteiger partial charge < -0.3 is 18.1 Å². The number of pyridine rings is 1. The van der Waals surface area contributed by atoms with E-state index >= 15 is 0 Å². The van der Waals surface area contributed by atoms with Crippen molar-refractivity contribution in [2.75, 3.05) is 26.4 Å². The highest BCUT2D eigenvalue weighted by Crippen LogP contribution is 2.71. The van der Waals surface area contributed by atoms with Crippen molar-refractivity contribution in [2.45, 2.75) is 39.5 Å². The van der Waals surface area contributed by atoms with Crippen molar-refractivity contribution in [2.24, 2.45) is 0 Å². The van der Waals surface area contributed by atoms with E-state index in [4.69, 9.17) is 18.1 Å². The van der Waals surface area contributed by atoms with Gasteiger partial charge in [-0.3, -0.25) is 14.1 Å². The molecule has 1 rings (SSSR count). The van der Waals surface area contributed by atoms with Crippen LogP contribution in [0.2, 0.25) is 0 Å². The van der Waals surface area contributed by atoms with E-state index in [0.29, 0.717) is 0 Å². The summed E-state index contributed by atoms with van der Waals surface area (Å²) in [5.41, 5.74) is 0.800. The highest BCUT2D eigenvalue weighted by molar-refractivity contribution is 7.72. The third-order valence-corrected chi connectivity index (χ3v) is 9.13. The Kier molecular flexibility index (Phi) is 9.35. The van der Waals surface area contributed by atoms with Gasteiger partial charge in [-0.15, -0.1) is 0 Å². The molecule has 0 atom stereocenters. The van der Waals surface area contributed by atoms with E-state index in [-0.39, 0.29) is 32.8 Å². The lowest BCUT2D eigenvalue weighted by Gasteiger charge is -2.31. The number of hydrogen-bond acceptors (Lipinski definition) is 7. The second kappa shape index (κ2) is 10.4. The van der Waals surface area contributed by atoms with Crippen LogP contribution in [0.1, 0.15) is 33.3 Å². The first kappa shape index (κ1) is 21.5. The number of aromatic nitrogens is 1. The molecule has 0 bridgehead atoms. The summed E-state index contributed by atoms with van der Waals surface area (Å²) in [6, 6.07) is 3.52. The molecule has 7 nitrogen and oxygen atoms in total. The lowest BCUT2D eigenvalue weighted by molar-refractivity contribution is 0.195. The van der Waals surface area contributed by atoms with Crippen molar-refractivity contribution >= 4 is 15.2 Å². The Labute approximate surface area is 144 Å². The third-order valence-electron chi connectivity index (χ3n) is 3.13.